The zero-order valence-electron chi connectivity index (χ0n) is 17.5. The van der Waals surface area contributed by atoms with E-state index in [0.29, 0.717) is 0 Å². The van der Waals surface area contributed by atoms with Crippen LogP contribution in [0.5, 0.6) is 0 Å². The fourth-order valence-corrected chi connectivity index (χ4v) is 3.72. The van der Waals surface area contributed by atoms with Crippen molar-refractivity contribution >= 4 is 0 Å². The highest BCUT2D eigenvalue weighted by molar-refractivity contribution is 4.50. The van der Waals surface area contributed by atoms with Gasteiger partial charge < -0.3 is 14.7 Å². The van der Waals surface area contributed by atoms with E-state index in [1.54, 1.807) is 0 Å². The maximum atomic E-state index is 9.24. The average molecular weight is 359 g/mol. The van der Waals surface area contributed by atoms with Gasteiger partial charge in [-0.3, -0.25) is 0 Å². The predicted molar refractivity (Wildman–Crippen MR) is 110 cm³/mol. The molecule has 0 aliphatic rings. The number of unbranched alkanes of at least 4 members (excludes halogenated alkanes) is 13. The van der Waals surface area contributed by atoms with Crippen molar-refractivity contribution in [1.82, 2.24) is 0 Å². The Balaban J connectivity index is 3.36. The number of nitrogens with zero attached hydrogens (tertiary/aromatic N) is 1. The van der Waals surface area contributed by atoms with E-state index in [0.717, 1.165) is 30.5 Å². The monoisotopic (exact) mass is 358 g/mol. The van der Waals surface area contributed by atoms with Crippen LogP contribution in [0.4, 0.5) is 0 Å². The van der Waals surface area contributed by atoms with E-state index in [9.17, 15) is 5.11 Å². The summed E-state index contributed by atoms with van der Waals surface area (Å²) in [7, 11) is 2.22. The van der Waals surface area contributed by atoms with Crippen LogP contribution in [-0.2, 0) is 0 Å². The van der Waals surface area contributed by atoms with Gasteiger partial charge in [0.05, 0.1) is 26.7 Å². The van der Waals surface area contributed by atoms with Gasteiger partial charge in [0.2, 0.25) is 0 Å². The van der Waals surface area contributed by atoms with Crippen LogP contribution < -0.4 is 0 Å². The molecule has 0 amide bonds. The molecule has 25 heavy (non-hydrogen) atoms. The minimum absolute atomic E-state index is 0.251. The standard InChI is InChI=1S/C22H48NO2/c1-3-4-5-6-7-8-9-10-11-12-13-14-15-16-18-23(2,20-22-25)19-17-21-24/h24-25H,3-22H2,1-2H3/q+1. The normalized spacial score (nSPS) is 13.9. The van der Waals surface area contributed by atoms with Crippen LogP contribution in [-0.4, -0.2) is 54.6 Å². The van der Waals surface area contributed by atoms with Crippen LogP contribution in [0.3, 0.4) is 0 Å². The summed E-state index contributed by atoms with van der Waals surface area (Å²) in [5.74, 6) is 0. The molecule has 0 bridgehead atoms. The lowest BCUT2D eigenvalue weighted by atomic mass is 10.0. The summed E-state index contributed by atoms with van der Waals surface area (Å²) in [5.41, 5.74) is 0. The van der Waals surface area contributed by atoms with Gasteiger partial charge in [0.15, 0.2) is 0 Å². The second-order valence-corrected chi connectivity index (χ2v) is 8.19. The second-order valence-electron chi connectivity index (χ2n) is 8.19. The zero-order chi connectivity index (χ0) is 18.6. The highest BCUT2D eigenvalue weighted by Gasteiger charge is 2.19. The Hall–Kier alpha value is -0.120. The van der Waals surface area contributed by atoms with E-state index in [-0.39, 0.29) is 13.2 Å². The number of hydrogen-bond donors (Lipinski definition) is 2. The number of rotatable bonds is 20. The first-order valence-corrected chi connectivity index (χ1v) is 11.2. The van der Waals surface area contributed by atoms with Gasteiger partial charge >= 0.3 is 0 Å². The minimum atomic E-state index is 0.251. The van der Waals surface area contributed by atoms with Gasteiger partial charge in [0, 0.05) is 13.0 Å². The van der Waals surface area contributed by atoms with Gasteiger partial charge in [0.1, 0.15) is 6.54 Å². The Labute approximate surface area is 158 Å². The molecule has 0 spiro atoms. The van der Waals surface area contributed by atoms with Crippen molar-refractivity contribution in [2.24, 2.45) is 0 Å². The number of aliphatic hydroxyl groups excluding tert-OH is 2. The lowest BCUT2D eigenvalue weighted by Gasteiger charge is -2.34. The summed E-state index contributed by atoms with van der Waals surface area (Å²) >= 11 is 0. The largest absolute Gasteiger partial charge is 0.396 e. The number of likely N-dealkylation sites (N-methyl/N-ethyl adjacent to an activating group) is 1. The molecule has 0 radical (unpaired) electrons. The van der Waals surface area contributed by atoms with E-state index in [1.165, 1.54) is 89.9 Å². The molecule has 0 aromatic rings. The van der Waals surface area contributed by atoms with Crippen LogP contribution in [0.15, 0.2) is 0 Å². The van der Waals surface area contributed by atoms with Crippen molar-refractivity contribution in [2.45, 2.75) is 103 Å². The van der Waals surface area contributed by atoms with Gasteiger partial charge in [-0.05, 0) is 12.8 Å². The van der Waals surface area contributed by atoms with E-state index >= 15 is 0 Å². The topological polar surface area (TPSA) is 40.5 Å². The molecule has 2 N–H and O–H groups in total. The first-order valence-electron chi connectivity index (χ1n) is 11.2. The summed E-state index contributed by atoms with van der Waals surface area (Å²) in [5, 5.41) is 18.3. The van der Waals surface area contributed by atoms with E-state index in [1.807, 2.05) is 0 Å². The molecular weight excluding hydrogens is 310 g/mol. The molecule has 1 atom stereocenters. The molecule has 0 heterocycles. The Morgan fingerprint density at radius 2 is 0.880 bits per heavy atom. The molecule has 0 rings (SSSR count). The average Bonchev–Trinajstić information content (AvgIpc) is 2.60. The van der Waals surface area contributed by atoms with Crippen LogP contribution in [0, 0.1) is 0 Å². The zero-order valence-corrected chi connectivity index (χ0v) is 17.5. The summed E-state index contributed by atoms with van der Waals surface area (Å²) in [6.07, 6.45) is 20.4. The molecule has 3 nitrogen and oxygen atoms in total. The maximum absolute atomic E-state index is 9.24. The molecule has 0 saturated carbocycles. The molecular formula is C22H48NO2+. The Morgan fingerprint density at radius 3 is 1.28 bits per heavy atom. The molecule has 0 aromatic heterocycles. The molecule has 0 saturated heterocycles. The van der Waals surface area contributed by atoms with Crippen molar-refractivity contribution in [1.29, 1.82) is 0 Å². The quantitative estimate of drug-likeness (QED) is 0.229. The van der Waals surface area contributed by atoms with E-state index in [4.69, 9.17) is 5.11 Å². The molecule has 1 unspecified atom stereocenters. The van der Waals surface area contributed by atoms with Crippen LogP contribution in [0.1, 0.15) is 103 Å². The second kappa shape index (κ2) is 18.7. The first-order chi connectivity index (χ1) is 12.2. The van der Waals surface area contributed by atoms with E-state index < -0.39 is 0 Å². The smallest absolute Gasteiger partial charge is 0.102 e. The predicted octanol–water partition coefficient (Wildman–Crippen LogP) is 5.29. The van der Waals surface area contributed by atoms with Gasteiger partial charge in [-0.15, -0.1) is 0 Å². The van der Waals surface area contributed by atoms with Crippen LogP contribution in [0.25, 0.3) is 0 Å². The Bertz CT molecular complexity index is 260. The fraction of sp³-hybridized carbons (Fsp3) is 1.00. The van der Waals surface area contributed by atoms with Crippen LogP contribution >= 0.6 is 0 Å². The van der Waals surface area contributed by atoms with Gasteiger partial charge in [0.25, 0.3) is 0 Å². The number of quaternary nitrogens is 1. The Morgan fingerprint density at radius 1 is 0.480 bits per heavy atom. The van der Waals surface area contributed by atoms with Crippen molar-refractivity contribution in [3.8, 4) is 0 Å². The van der Waals surface area contributed by atoms with Crippen molar-refractivity contribution in [3.05, 3.63) is 0 Å². The highest BCUT2D eigenvalue weighted by atomic mass is 16.3. The SMILES string of the molecule is CCCCCCCCCCCCCCCC[N+](C)(CCO)CCCO. The maximum Gasteiger partial charge on any atom is 0.102 e. The summed E-state index contributed by atoms with van der Waals surface area (Å²) < 4.78 is 0.912. The lowest BCUT2D eigenvalue weighted by Crippen LogP contribution is -2.47. The number of hydrogen-bond acceptors (Lipinski definition) is 2. The van der Waals surface area contributed by atoms with Crippen LogP contribution in [0.2, 0.25) is 0 Å². The molecule has 3 heteroatoms. The molecule has 152 valence electrons. The third-order valence-corrected chi connectivity index (χ3v) is 5.55. The Kier molecular flexibility index (Phi) is 18.6. The lowest BCUT2D eigenvalue weighted by molar-refractivity contribution is -0.910. The van der Waals surface area contributed by atoms with Gasteiger partial charge in [-0.25, -0.2) is 0 Å². The molecule has 0 fully saturated rings. The summed E-state index contributed by atoms with van der Waals surface area (Å²) in [4.78, 5) is 0. The summed E-state index contributed by atoms with van der Waals surface area (Å²) in [6.45, 7) is 5.73. The highest BCUT2D eigenvalue weighted by Crippen LogP contribution is 2.14. The van der Waals surface area contributed by atoms with E-state index in [2.05, 4.69) is 14.0 Å². The molecule has 0 aliphatic heterocycles. The van der Waals surface area contributed by atoms with Crippen molar-refractivity contribution < 1.29 is 14.7 Å². The number of aliphatic hydroxyl groups is 2. The van der Waals surface area contributed by atoms with Gasteiger partial charge in [-0.1, -0.05) is 84.0 Å². The minimum Gasteiger partial charge on any atom is -0.396 e. The fourth-order valence-electron chi connectivity index (χ4n) is 3.72. The molecule has 0 aliphatic carbocycles. The van der Waals surface area contributed by atoms with Gasteiger partial charge in [-0.2, -0.15) is 0 Å². The third kappa shape index (κ3) is 17.1. The van der Waals surface area contributed by atoms with Crippen molar-refractivity contribution in [3.63, 3.8) is 0 Å². The molecule has 0 aromatic carbocycles. The summed E-state index contributed by atoms with van der Waals surface area (Å²) in [6, 6.07) is 0. The van der Waals surface area contributed by atoms with Crippen molar-refractivity contribution in [2.75, 3.05) is 39.9 Å². The first kappa shape index (κ1) is 24.9. The third-order valence-electron chi connectivity index (χ3n) is 5.55.